The maximum atomic E-state index is 12.8. The van der Waals surface area contributed by atoms with Crippen LogP contribution in [0.15, 0.2) is 12.1 Å². The first-order valence-corrected chi connectivity index (χ1v) is 3.71. The highest BCUT2D eigenvalue weighted by Crippen LogP contribution is 2.24. The molecule has 74 valence electrons. The van der Waals surface area contributed by atoms with Crippen LogP contribution in [-0.4, -0.2) is 22.0 Å². The molecule has 0 fully saturated rings. The van der Waals surface area contributed by atoms with E-state index < -0.39 is 28.9 Å². The number of carbonyl (C=O) groups is 2. The minimum Gasteiger partial charge on any atom is -0.504 e. The number of carbonyl (C=O) groups excluding carboxylic acids is 1. The molecule has 0 amide bonds. The maximum absolute atomic E-state index is 12.8. The molecule has 2 N–H and O–H groups in total. The number of carboxylic acids is 1. The van der Waals surface area contributed by atoms with Crippen molar-refractivity contribution in [1.82, 2.24) is 0 Å². The fraction of sp³-hybridized carbons (Fsp3) is 0.111. The summed E-state index contributed by atoms with van der Waals surface area (Å²) in [7, 11) is 0. The number of Topliss-reactive ketones (excluding diaryl/α,β-unsaturated/α-hetero) is 1. The molecule has 0 aliphatic rings. The Hall–Kier alpha value is -1.91. The molecule has 4 nitrogen and oxygen atoms in total. The van der Waals surface area contributed by atoms with E-state index in [4.69, 9.17) is 10.2 Å². The van der Waals surface area contributed by atoms with E-state index in [1.165, 1.54) is 13.0 Å². The Kier molecular flexibility index (Phi) is 2.51. The lowest BCUT2D eigenvalue weighted by molar-refractivity contribution is -0.131. The van der Waals surface area contributed by atoms with Gasteiger partial charge in [-0.2, -0.15) is 0 Å². The van der Waals surface area contributed by atoms with Crippen molar-refractivity contribution in [3.8, 4) is 5.75 Å². The van der Waals surface area contributed by atoms with Crippen LogP contribution in [-0.2, 0) is 4.79 Å². The smallest absolute Gasteiger partial charge is 0.377 e. The number of hydrogen-bond acceptors (Lipinski definition) is 3. The molecular formula is C9H7FO4. The monoisotopic (exact) mass is 198 g/mol. The predicted molar refractivity (Wildman–Crippen MR) is 44.8 cm³/mol. The molecule has 0 aliphatic heterocycles. The third kappa shape index (κ3) is 1.56. The van der Waals surface area contributed by atoms with Crippen LogP contribution in [0, 0.1) is 12.7 Å². The van der Waals surface area contributed by atoms with E-state index >= 15 is 0 Å². The second kappa shape index (κ2) is 3.45. The number of aliphatic carboxylic acids is 1. The van der Waals surface area contributed by atoms with Crippen LogP contribution in [0.25, 0.3) is 0 Å². The summed E-state index contributed by atoms with van der Waals surface area (Å²) < 4.78 is 12.8. The van der Waals surface area contributed by atoms with Gasteiger partial charge in [0, 0.05) is 0 Å². The van der Waals surface area contributed by atoms with Gasteiger partial charge >= 0.3 is 5.97 Å². The first-order chi connectivity index (χ1) is 6.45. The fourth-order valence-corrected chi connectivity index (χ4v) is 1.06. The molecule has 0 spiro atoms. The fourth-order valence-electron chi connectivity index (χ4n) is 1.06. The van der Waals surface area contributed by atoms with Crippen molar-refractivity contribution in [3.05, 3.63) is 29.1 Å². The highest BCUT2D eigenvalue weighted by atomic mass is 19.1. The van der Waals surface area contributed by atoms with E-state index in [0.29, 0.717) is 0 Å². The first-order valence-electron chi connectivity index (χ1n) is 3.71. The van der Waals surface area contributed by atoms with Crippen molar-refractivity contribution in [2.24, 2.45) is 0 Å². The van der Waals surface area contributed by atoms with Crippen LogP contribution in [0.2, 0.25) is 0 Å². The second-order valence-electron chi connectivity index (χ2n) is 2.72. The minimum atomic E-state index is -1.73. The number of halogens is 1. The molecule has 0 atom stereocenters. The van der Waals surface area contributed by atoms with Gasteiger partial charge in [-0.05, 0) is 18.6 Å². The lowest BCUT2D eigenvalue weighted by atomic mass is 10.0. The van der Waals surface area contributed by atoms with Crippen molar-refractivity contribution in [2.75, 3.05) is 0 Å². The van der Waals surface area contributed by atoms with E-state index in [1.807, 2.05) is 0 Å². The Balaban J connectivity index is 3.40. The number of phenolic OH excluding ortho intramolecular Hbond substituents is 1. The molecule has 0 aromatic heterocycles. The molecule has 14 heavy (non-hydrogen) atoms. The largest absolute Gasteiger partial charge is 0.504 e. The summed E-state index contributed by atoms with van der Waals surface area (Å²) >= 11 is 0. The van der Waals surface area contributed by atoms with E-state index in [-0.39, 0.29) is 5.56 Å². The Labute approximate surface area is 78.6 Å². The van der Waals surface area contributed by atoms with Gasteiger partial charge in [0.05, 0.1) is 5.56 Å². The quantitative estimate of drug-likeness (QED) is 0.551. The van der Waals surface area contributed by atoms with Crippen LogP contribution in [0.4, 0.5) is 4.39 Å². The average Bonchev–Trinajstić information content (AvgIpc) is 2.12. The van der Waals surface area contributed by atoms with Gasteiger partial charge in [-0.1, -0.05) is 6.07 Å². The summed E-state index contributed by atoms with van der Waals surface area (Å²) in [5.41, 5.74) is -0.284. The molecular weight excluding hydrogens is 191 g/mol. The Bertz CT molecular complexity index is 412. The van der Waals surface area contributed by atoms with Gasteiger partial charge in [-0.25, -0.2) is 9.18 Å². The maximum Gasteiger partial charge on any atom is 0.377 e. The van der Waals surface area contributed by atoms with Crippen molar-refractivity contribution in [1.29, 1.82) is 0 Å². The number of rotatable bonds is 2. The molecule has 1 rings (SSSR count). The molecule has 0 aliphatic carbocycles. The van der Waals surface area contributed by atoms with E-state index in [9.17, 15) is 14.0 Å². The Morgan fingerprint density at radius 1 is 1.36 bits per heavy atom. The van der Waals surface area contributed by atoms with Crippen molar-refractivity contribution >= 4 is 11.8 Å². The number of benzene rings is 1. The third-order valence-electron chi connectivity index (χ3n) is 1.76. The van der Waals surface area contributed by atoms with Gasteiger partial charge in [-0.3, -0.25) is 4.79 Å². The average molecular weight is 198 g/mol. The van der Waals surface area contributed by atoms with E-state index in [2.05, 4.69) is 0 Å². The summed E-state index contributed by atoms with van der Waals surface area (Å²) in [6.07, 6.45) is 0. The van der Waals surface area contributed by atoms with Gasteiger partial charge in [-0.15, -0.1) is 0 Å². The molecule has 0 radical (unpaired) electrons. The van der Waals surface area contributed by atoms with Crippen LogP contribution in [0.3, 0.4) is 0 Å². The SMILES string of the molecule is Cc1ccc(F)c(O)c1C(=O)C(=O)O. The van der Waals surface area contributed by atoms with Gasteiger partial charge in [0.25, 0.3) is 5.78 Å². The van der Waals surface area contributed by atoms with Gasteiger partial charge in [0.15, 0.2) is 11.6 Å². The van der Waals surface area contributed by atoms with Gasteiger partial charge < -0.3 is 10.2 Å². The lowest BCUT2D eigenvalue weighted by Gasteiger charge is -2.04. The number of aromatic hydroxyl groups is 1. The highest BCUT2D eigenvalue weighted by molar-refractivity contribution is 6.40. The third-order valence-corrected chi connectivity index (χ3v) is 1.76. The number of ketones is 1. The first kappa shape index (κ1) is 10.2. The molecule has 1 aromatic carbocycles. The summed E-state index contributed by atoms with van der Waals surface area (Å²) in [6, 6.07) is 2.19. The van der Waals surface area contributed by atoms with E-state index in [1.54, 1.807) is 0 Å². The van der Waals surface area contributed by atoms with Crippen molar-refractivity contribution in [3.63, 3.8) is 0 Å². The van der Waals surface area contributed by atoms with Gasteiger partial charge in [0.2, 0.25) is 0 Å². The highest BCUT2D eigenvalue weighted by Gasteiger charge is 2.22. The van der Waals surface area contributed by atoms with Crippen molar-refractivity contribution < 1.29 is 24.2 Å². The molecule has 0 unspecified atom stereocenters. The molecule has 1 aromatic rings. The normalized spacial score (nSPS) is 9.86. The topological polar surface area (TPSA) is 74.6 Å². The number of hydrogen-bond donors (Lipinski definition) is 2. The van der Waals surface area contributed by atoms with Crippen molar-refractivity contribution in [2.45, 2.75) is 6.92 Å². The van der Waals surface area contributed by atoms with Crippen LogP contribution in [0.1, 0.15) is 15.9 Å². The molecule has 0 saturated heterocycles. The summed E-state index contributed by atoms with van der Waals surface area (Å²) in [6.45, 7) is 1.41. The summed E-state index contributed by atoms with van der Waals surface area (Å²) in [5.74, 6) is -4.98. The predicted octanol–water partition coefficient (Wildman–Crippen LogP) is 1.11. The Morgan fingerprint density at radius 2 is 1.93 bits per heavy atom. The summed E-state index contributed by atoms with van der Waals surface area (Å²) in [4.78, 5) is 21.3. The molecule has 0 saturated carbocycles. The van der Waals surface area contributed by atoms with Crippen LogP contribution in [0.5, 0.6) is 5.75 Å². The number of carboxylic acid groups (broad SMARTS) is 1. The van der Waals surface area contributed by atoms with E-state index in [0.717, 1.165) is 6.07 Å². The minimum absolute atomic E-state index is 0.219. The zero-order valence-electron chi connectivity index (χ0n) is 7.24. The number of phenols is 1. The zero-order valence-corrected chi connectivity index (χ0v) is 7.24. The second-order valence-corrected chi connectivity index (χ2v) is 2.72. The molecule has 5 heteroatoms. The standard InChI is InChI=1S/C9H7FO4/c1-4-2-3-5(10)7(11)6(4)8(12)9(13)14/h2-3,11H,1H3,(H,13,14). The van der Waals surface area contributed by atoms with Crippen LogP contribution >= 0.6 is 0 Å². The summed E-state index contributed by atoms with van der Waals surface area (Å²) in [5, 5.41) is 17.5. The zero-order chi connectivity index (χ0) is 10.9. The van der Waals surface area contributed by atoms with Gasteiger partial charge in [0.1, 0.15) is 0 Å². The lowest BCUT2D eigenvalue weighted by Crippen LogP contribution is -2.14. The van der Waals surface area contributed by atoms with Crippen LogP contribution < -0.4 is 0 Å². The Morgan fingerprint density at radius 3 is 2.43 bits per heavy atom. The molecule has 0 bridgehead atoms. The molecule has 0 heterocycles. The number of aryl methyl sites for hydroxylation is 1.